The van der Waals surface area contributed by atoms with Crippen LogP contribution in [0.3, 0.4) is 0 Å². The molecule has 1 aromatic rings. The summed E-state index contributed by atoms with van der Waals surface area (Å²) < 4.78 is 0. The van der Waals surface area contributed by atoms with Gasteiger partial charge in [-0.15, -0.1) is 0 Å². The molecule has 0 aliphatic carbocycles. The van der Waals surface area contributed by atoms with Gasteiger partial charge in [0.05, 0.1) is 6.54 Å². The van der Waals surface area contributed by atoms with Gasteiger partial charge in [0, 0.05) is 11.7 Å². The third kappa shape index (κ3) is 3.83. The summed E-state index contributed by atoms with van der Waals surface area (Å²) in [6, 6.07) is 8.61. The topological polar surface area (TPSA) is 32.3 Å². The fourth-order valence-electron chi connectivity index (χ4n) is 2.88. The molecular weight excluding hydrogens is 248 g/mol. The van der Waals surface area contributed by atoms with Gasteiger partial charge >= 0.3 is 0 Å². The average Bonchev–Trinajstić information content (AvgIpc) is 2.41. The normalized spacial score (nSPS) is 20.1. The van der Waals surface area contributed by atoms with Gasteiger partial charge in [-0.25, -0.2) is 0 Å². The highest BCUT2D eigenvalue weighted by molar-refractivity contribution is 5.93. The second-order valence-corrected chi connectivity index (χ2v) is 6.11. The number of likely N-dealkylation sites (tertiary alicyclic amines) is 1. The largest absolute Gasteiger partial charge is 0.325 e. The predicted molar refractivity (Wildman–Crippen MR) is 84.0 cm³/mol. The van der Waals surface area contributed by atoms with Gasteiger partial charge in [-0.2, -0.15) is 0 Å². The Labute approximate surface area is 122 Å². The van der Waals surface area contributed by atoms with E-state index in [0.29, 0.717) is 18.5 Å². The summed E-state index contributed by atoms with van der Waals surface area (Å²) >= 11 is 0. The molecule has 1 aliphatic heterocycles. The van der Waals surface area contributed by atoms with Gasteiger partial charge < -0.3 is 5.32 Å². The number of benzene rings is 1. The van der Waals surface area contributed by atoms with Crippen molar-refractivity contribution in [2.45, 2.75) is 52.0 Å². The molecule has 1 amide bonds. The van der Waals surface area contributed by atoms with Crippen LogP contribution in [-0.4, -0.2) is 29.9 Å². The van der Waals surface area contributed by atoms with Crippen LogP contribution < -0.4 is 5.32 Å². The maximum atomic E-state index is 12.2. The number of hydrogen-bond acceptors (Lipinski definition) is 2. The summed E-state index contributed by atoms with van der Waals surface area (Å²) in [5.74, 6) is 0.521. The van der Waals surface area contributed by atoms with Crippen molar-refractivity contribution in [2.24, 2.45) is 0 Å². The Balaban J connectivity index is 1.97. The maximum absolute atomic E-state index is 12.2. The Morgan fingerprint density at radius 1 is 1.35 bits per heavy atom. The van der Waals surface area contributed by atoms with Crippen LogP contribution in [0.4, 0.5) is 5.69 Å². The van der Waals surface area contributed by atoms with Crippen molar-refractivity contribution in [1.82, 2.24) is 4.90 Å². The molecule has 1 aliphatic rings. The molecule has 0 unspecified atom stereocenters. The second kappa shape index (κ2) is 6.89. The van der Waals surface area contributed by atoms with Crippen LogP contribution in [0.5, 0.6) is 0 Å². The minimum atomic E-state index is 0.104. The molecular formula is C17H26N2O. The van der Waals surface area contributed by atoms with Crippen molar-refractivity contribution in [2.75, 3.05) is 18.4 Å². The van der Waals surface area contributed by atoms with Gasteiger partial charge in [-0.05, 0) is 43.9 Å². The smallest absolute Gasteiger partial charge is 0.238 e. The monoisotopic (exact) mass is 274 g/mol. The summed E-state index contributed by atoms with van der Waals surface area (Å²) in [6.45, 7) is 8.07. The van der Waals surface area contributed by atoms with Crippen LogP contribution >= 0.6 is 0 Å². The third-order valence-corrected chi connectivity index (χ3v) is 4.14. The van der Waals surface area contributed by atoms with Crippen molar-refractivity contribution < 1.29 is 4.79 Å². The predicted octanol–water partition coefficient (Wildman–Crippen LogP) is 3.62. The lowest BCUT2D eigenvalue weighted by atomic mass is 10.0. The number of para-hydroxylation sites is 1. The lowest BCUT2D eigenvalue weighted by Crippen LogP contribution is -2.42. The zero-order valence-electron chi connectivity index (χ0n) is 12.9. The fourth-order valence-corrected chi connectivity index (χ4v) is 2.88. The highest BCUT2D eigenvalue weighted by Crippen LogP contribution is 2.24. The molecule has 1 N–H and O–H groups in total. The number of nitrogens with one attached hydrogen (secondary N) is 1. The van der Waals surface area contributed by atoms with E-state index in [0.717, 1.165) is 12.2 Å². The molecule has 110 valence electrons. The fraction of sp³-hybridized carbons (Fsp3) is 0.588. The van der Waals surface area contributed by atoms with Crippen LogP contribution in [0.25, 0.3) is 0 Å². The SMILES string of the molecule is CC(C)c1ccccc1NC(=O)CN1CCCC[C@H]1C. The lowest BCUT2D eigenvalue weighted by molar-refractivity contribution is -0.118. The number of amides is 1. The van der Waals surface area contributed by atoms with Crippen LogP contribution in [0.1, 0.15) is 51.5 Å². The first-order valence-corrected chi connectivity index (χ1v) is 7.70. The standard InChI is InChI=1S/C17H26N2O/c1-13(2)15-9-4-5-10-16(15)18-17(20)12-19-11-7-6-8-14(19)3/h4-5,9-10,13-14H,6-8,11-12H2,1-3H3,(H,18,20)/t14-/m1/s1. The Hall–Kier alpha value is -1.35. The second-order valence-electron chi connectivity index (χ2n) is 6.11. The van der Waals surface area contributed by atoms with Gasteiger partial charge in [-0.1, -0.05) is 38.5 Å². The Morgan fingerprint density at radius 2 is 2.10 bits per heavy atom. The average molecular weight is 274 g/mol. The maximum Gasteiger partial charge on any atom is 0.238 e. The molecule has 2 rings (SSSR count). The van der Waals surface area contributed by atoms with Crippen molar-refractivity contribution in [3.05, 3.63) is 29.8 Å². The molecule has 0 saturated carbocycles. The highest BCUT2D eigenvalue weighted by atomic mass is 16.2. The van der Waals surface area contributed by atoms with Gasteiger partial charge in [0.1, 0.15) is 0 Å². The van der Waals surface area contributed by atoms with Crippen molar-refractivity contribution in [1.29, 1.82) is 0 Å². The van der Waals surface area contributed by atoms with Crippen molar-refractivity contribution in [3.8, 4) is 0 Å². The molecule has 0 aromatic heterocycles. The van der Waals surface area contributed by atoms with Crippen molar-refractivity contribution in [3.63, 3.8) is 0 Å². The molecule has 1 fully saturated rings. The minimum Gasteiger partial charge on any atom is -0.325 e. The molecule has 3 nitrogen and oxygen atoms in total. The van der Waals surface area contributed by atoms with Crippen molar-refractivity contribution >= 4 is 11.6 Å². The summed E-state index contributed by atoms with van der Waals surface area (Å²) in [5.41, 5.74) is 2.16. The van der Waals surface area contributed by atoms with E-state index in [1.807, 2.05) is 18.2 Å². The minimum absolute atomic E-state index is 0.104. The van der Waals surface area contributed by atoms with Crippen LogP contribution in [-0.2, 0) is 4.79 Å². The van der Waals surface area contributed by atoms with E-state index < -0.39 is 0 Å². The summed E-state index contributed by atoms with van der Waals surface area (Å²) in [4.78, 5) is 14.5. The summed E-state index contributed by atoms with van der Waals surface area (Å²) in [7, 11) is 0. The first-order chi connectivity index (χ1) is 9.58. The van der Waals surface area contributed by atoms with E-state index in [9.17, 15) is 4.79 Å². The Kier molecular flexibility index (Phi) is 5.18. The molecule has 20 heavy (non-hydrogen) atoms. The number of piperidine rings is 1. The molecule has 1 atom stereocenters. The van der Waals surface area contributed by atoms with Crippen LogP contribution in [0, 0.1) is 0 Å². The van der Waals surface area contributed by atoms with Gasteiger partial charge in [-0.3, -0.25) is 9.69 Å². The Bertz CT molecular complexity index is 456. The number of rotatable bonds is 4. The van der Waals surface area contributed by atoms with Gasteiger partial charge in [0.25, 0.3) is 0 Å². The molecule has 1 saturated heterocycles. The quantitative estimate of drug-likeness (QED) is 0.909. The van der Waals surface area contributed by atoms with E-state index in [-0.39, 0.29) is 5.91 Å². The van der Waals surface area contributed by atoms with E-state index in [1.54, 1.807) is 0 Å². The van der Waals surface area contributed by atoms with Gasteiger partial charge in [0.15, 0.2) is 0 Å². The molecule has 0 radical (unpaired) electrons. The number of carbonyl (C=O) groups is 1. The molecule has 1 heterocycles. The summed E-state index contributed by atoms with van der Waals surface area (Å²) in [6.07, 6.45) is 3.70. The number of nitrogens with zero attached hydrogens (tertiary/aromatic N) is 1. The summed E-state index contributed by atoms with van der Waals surface area (Å²) in [5, 5.41) is 3.08. The van der Waals surface area contributed by atoms with Gasteiger partial charge in [0.2, 0.25) is 5.91 Å². The van der Waals surface area contributed by atoms with Crippen LogP contribution in [0.15, 0.2) is 24.3 Å². The first kappa shape index (κ1) is 15.0. The highest BCUT2D eigenvalue weighted by Gasteiger charge is 2.20. The zero-order valence-corrected chi connectivity index (χ0v) is 12.9. The Morgan fingerprint density at radius 3 is 2.80 bits per heavy atom. The number of hydrogen-bond donors (Lipinski definition) is 1. The number of carbonyl (C=O) groups excluding carboxylic acids is 1. The van der Waals surface area contributed by atoms with E-state index >= 15 is 0 Å². The van der Waals surface area contributed by atoms with E-state index in [2.05, 4.69) is 37.1 Å². The lowest BCUT2D eigenvalue weighted by Gasteiger charge is -2.32. The third-order valence-electron chi connectivity index (χ3n) is 4.14. The van der Waals surface area contributed by atoms with E-state index in [1.165, 1.54) is 24.8 Å². The molecule has 0 bridgehead atoms. The molecule has 3 heteroatoms. The zero-order chi connectivity index (χ0) is 14.5. The molecule has 0 spiro atoms. The van der Waals surface area contributed by atoms with Crippen LogP contribution in [0.2, 0.25) is 0 Å². The molecule has 1 aromatic carbocycles. The van der Waals surface area contributed by atoms with E-state index in [4.69, 9.17) is 0 Å². The number of anilines is 1. The first-order valence-electron chi connectivity index (χ1n) is 7.70.